The van der Waals surface area contributed by atoms with Gasteiger partial charge in [-0.2, -0.15) is 0 Å². The van der Waals surface area contributed by atoms with Crippen LogP contribution in [0.1, 0.15) is 6.92 Å². The molecule has 0 radical (unpaired) electrons. The average Bonchev–Trinajstić information content (AvgIpc) is 2.13. The first-order chi connectivity index (χ1) is 4.54. The van der Waals surface area contributed by atoms with Crippen LogP contribution in [0, 0.1) is 0 Å². The second kappa shape index (κ2) is 2.16. The first-order valence-electron chi connectivity index (χ1n) is 2.76. The Labute approximate surface area is 62.5 Å². The van der Waals surface area contributed by atoms with Crippen LogP contribution in [0.4, 0.5) is 0 Å². The number of carboxylic acids is 1. The van der Waals surface area contributed by atoms with E-state index in [0.29, 0.717) is 10.9 Å². The van der Waals surface area contributed by atoms with E-state index in [2.05, 4.69) is 4.99 Å². The van der Waals surface area contributed by atoms with Crippen LogP contribution in [-0.4, -0.2) is 27.5 Å². The first-order valence-corrected chi connectivity index (χ1v) is 3.75. The smallest absolute Gasteiger partial charge is 0.332 e. The minimum atomic E-state index is -0.991. The van der Waals surface area contributed by atoms with Crippen LogP contribution in [-0.2, 0) is 4.79 Å². The van der Waals surface area contributed by atoms with E-state index in [0.717, 1.165) is 0 Å². The van der Waals surface area contributed by atoms with Crippen LogP contribution in [0.5, 0.6) is 0 Å². The number of carbonyl (C=O) groups is 1. The number of hydrogen-bond donors (Lipinski definition) is 2. The molecule has 1 unspecified atom stereocenters. The molecule has 0 saturated carbocycles. The molecule has 0 saturated heterocycles. The first kappa shape index (κ1) is 7.40. The largest absolute Gasteiger partial charge is 0.479 e. The molecule has 10 heavy (non-hydrogen) atoms. The maximum absolute atomic E-state index is 10.5. The van der Waals surface area contributed by atoms with Gasteiger partial charge in [0.15, 0.2) is 10.7 Å². The summed E-state index contributed by atoms with van der Waals surface area (Å²) in [5.74, 6) is -0.478. The second-order valence-corrected chi connectivity index (χ2v) is 3.31. The summed E-state index contributed by atoms with van der Waals surface area (Å²) in [7, 11) is 0. The van der Waals surface area contributed by atoms with Crippen LogP contribution >= 0.6 is 11.8 Å². The van der Waals surface area contributed by atoms with Crippen LogP contribution < -0.4 is 5.73 Å². The summed E-state index contributed by atoms with van der Waals surface area (Å²) in [6.45, 7) is 1.56. The van der Waals surface area contributed by atoms with Crippen molar-refractivity contribution in [1.82, 2.24) is 0 Å². The van der Waals surface area contributed by atoms with Gasteiger partial charge >= 0.3 is 5.97 Å². The quantitative estimate of drug-likeness (QED) is 0.561. The van der Waals surface area contributed by atoms with Crippen molar-refractivity contribution in [2.24, 2.45) is 10.7 Å². The Kier molecular flexibility index (Phi) is 1.60. The molecular weight excluding hydrogens is 152 g/mol. The van der Waals surface area contributed by atoms with Gasteiger partial charge in [0.2, 0.25) is 0 Å². The van der Waals surface area contributed by atoms with E-state index < -0.39 is 11.5 Å². The highest BCUT2D eigenvalue weighted by Crippen LogP contribution is 2.25. The van der Waals surface area contributed by atoms with Gasteiger partial charge in [-0.3, -0.25) is 0 Å². The standard InChI is InChI=1S/C5H8N2O2S/c1-5(3(8)9)2-10-4(6)7-5/h2H2,1H3,(H2,6,7)(H,8,9). The molecule has 0 aromatic carbocycles. The Balaban J connectivity index is 2.82. The minimum absolute atomic E-state index is 0.366. The molecule has 1 aliphatic rings. The number of aliphatic imine (C=N–C) groups is 1. The molecule has 5 heteroatoms. The lowest BCUT2D eigenvalue weighted by Crippen LogP contribution is -2.33. The Bertz CT molecular complexity index is 204. The van der Waals surface area contributed by atoms with Crippen molar-refractivity contribution in [1.29, 1.82) is 0 Å². The fourth-order valence-corrected chi connectivity index (χ4v) is 1.51. The van der Waals surface area contributed by atoms with Crippen LogP contribution in [0.15, 0.2) is 4.99 Å². The number of hydrogen-bond acceptors (Lipinski definition) is 4. The van der Waals surface area contributed by atoms with E-state index in [1.165, 1.54) is 11.8 Å². The third kappa shape index (κ3) is 1.09. The summed E-state index contributed by atoms with van der Waals surface area (Å²) >= 11 is 1.28. The molecule has 1 rings (SSSR count). The van der Waals surface area contributed by atoms with Crippen molar-refractivity contribution in [2.75, 3.05) is 5.75 Å². The number of rotatable bonds is 1. The Morgan fingerprint density at radius 2 is 2.60 bits per heavy atom. The van der Waals surface area contributed by atoms with E-state index >= 15 is 0 Å². The summed E-state index contributed by atoms with van der Waals surface area (Å²) in [4.78, 5) is 14.3. The molecule has 0 aromatic heterocycles. The summed E-state index contributed by atoms with van der Waals surface area (Å²) in [5.41, 5.74) is 4.31. The zero-order valence-electron chi connectivity index (χ0n) is 5.50. The Hall–Kier alpha value is -0.710. The van der Waals surface area contributed by atoms with Gasteiger partial charge in [-0.1, -0.05) is 11.8 Å². The highest BCUT2D eigenvalue weighted by atomic mass is 32.2. The van der Waals surface area contributed by atoms with E-state index in [4.69, 9.17) is 10.8 Å². The summed E-state index contributed by atoms with van der Waals surface area (Å²) in [6, 6.07) is 0. The predicted molar refractivity (Wildman–Crippen MR) is 40.1 cm³/mol. The summed E-state index contributed by atoms with van der Waals surface area (Å²) < 4.78 is 0. The molecule has 0 fully saturated rings. The third-order valence-corrected chi connectivity index (χ3v) is 2.41. The van der Waals surface area contributed by atoms with Gasteiger partial charge in [-0.15, -0.1) is 0 Å². The normalized spacial score (nSPS) is 31.9. The number of aliphatic carboxylic acids is 1. The van der Waals surface area contributed by atoms with Gasteiger partial charge in [0.05, 0.1) is 0 Å². The van der Waals surface area contributed by atoms with Gasteiger partial charge in [0.1, 0.15) is 0 Å². The van der Waals surface area contributed by atoms with Crippen molar-refractivity contribution in [3.05, 3.63) is 0 Å². The molecule has 4 nitrogen and oxygen atoms in total. The molecule has 1 aliphatic heterocycles. The maximum atomic E-state index is 10.5. The Morgan fingerprint density at radius 3 is 2.80 bits per heavy atom. The van der Waals surface area contributed by atoms with Gasteiger partial charge in [-0.25, -0.2) is 9.79 Å². The van der Waals surface area contributed by atoms with Crippen molar-refractivity contribution in [3.63, 3.8) is 0 Å². The molecule has 1 heterocycles. The number of amidine groups is 1. The SMILES string of the molecule is CC1(C(=O)O)CSC(N)=N1. The zero-order chi connectivity index (χ0) is 7.78. The number of nitrogens with two attached hydrogens (primary N) is 1. The minimum Gasteiger partial charge on any atom is -0.479 e. The molecule has 0 spiro atoms. The van der Waals surface area contributed by atoms with Crippen LogP contribution in [0.25, 0.3) is 0 Å². The van der Waals surface area contributed by atoms with Crippen LogP contribution in [0.3, 0.4) is 0 Å². The predicted octanol–water partition coefficient (Wildman–Crippen LogP) is -0.109. The van der Waals surface area contributed by atoms with Gasteiger partial charge in [0, 0.05) is 5.75 Å². The molecular formula is C5H8N2O2S. The van der Waals surface area contributed by atoms with E-state index in [1.54, 1.807) is 6.92 Å². The fraction of sp³-hybridized carbons (Fsp3) is 0.600. The van der Waals surface area contributed by atoms with Gasteiger partial charge < -0.3 is 10.8 Å². The highest BCUT2D eigenvalue weighted by molar-refractivity contribution is 8.14. The number of carboxylic acid groups (broad SMARTS) is 1. The van der Waals surface area contributed by atoms with Gasteiger partial charge in [-0.05, 0) is 6.92 Å². The molecule has 0 aliphatic carbocycles. The van der Waals surface area contributed by atoms with Crippen molar-refractivity contribution in [2.45, 2.75) is 12.5 Å². The Morgan fingerprint density at radius 1 is 2.00 bits per heavy atom. The molecule has 3 N–H and O–H groups in total. The summed E-state index contributed by atoms with van der Waals surface area (Å²) in [6.07, 6.45) is 0. The summed E-state index contributed by atoms with van der Waals surface area (Å²) in [5, 5.41) is 8.98. The fourth-order valence-electron chi connectivity index (χ4n) is 0.632. The number of thioether (sulfide) groups is 1. The maximum Gasteiger partial charge on any atom is 0.332 e. The van der Waals surface area contributed by atoms with Crippen molar-refractivity contribution < 1.29 is 9.90 Å². The lowest BCUT2D eigenvalue weighted by atomic mass is 10.1. The molecule has 0 bridgehead atoms. The van der Waals surface area contributed by atoms with E-state index in [-0.39, 0.29) is 0 Å². The van der Waals surface area contributed by atoms with Crippen molar-refractivity contribution >= 4 is 22.9 Å². The van der Waals surface area contributed by atoms with Crippen molar-refractivity contribution in [3.8, 4) is 0 Å². The van der Waals surface area contributed by atoms with Crippen LogP contribution in [0.2, 0.25) is 0 Å². The monoisotopic (exact) mass is 160 g/mol. The second-order valence-electron chi connectivity index (χ2n) is 2.32. The zero-order valence-corrected chi connectivity index (χ0v) is 6.31. The molecule has 0 amide bonds. The van der Waals surface area contributed by atoms with E-state index in [1.807, 2.05) is 0 Å². The number of nitrogens with zero attached hydrogens (tertiary/aromatic N) is 1. The highest BCUT2D eigenvalue weighted by Gasteiger charge is 2.37. The lowest BCUT2D eigenvalue weighted by molar-refractivity contribution is -0.141. The third-order valence-electron chi connectivity index (χ3n) is 1.32. The molecule has 1 atom stereocenters. The lowest BCUT2D eigenvalue weighted by Gasteiger charge is -2.11. The van der Waals surface area contributed by atoms with Gasteiger partial charge in [0.25, 0.3) is 0 Å². The molecule has 0 aromatic rings. The average molecular weight is 160 g/mol. The molecule has 56 valence electrons. The van der Waals surface area contributed by atoms with E-state index in [9.17, 15) is 4.79 Å². The topological polar surface area (TPSA) is 75.7 Å².